The van der Waals surface area contributed by atoms with Gasteiger partial charge in [-0.25, -0.2) is 4.79 Å². The Morgan fingerprint density at radius 2 is 2.06 bits per heavy atom. The van der Waals surface area contributed by atoms with Crippen LogP contribution >= 0.6 is 0 Å². The molecule has 0 radical (unpaired) electrons. The topological polar surface area (TPSA) is 95.9 Å². The number of esters is 1. The number of carbonyl (C=O) groups excluding carboxylic acids is 2. The van der Waals surface area contributed by atoms with Gasteiger partial charge < -0.3 is 20.3 Å². The summed E-state index contributed by atoms with van der Waals surface area (Å²) in [6, 6.07) is 5.93. The van der Waals surface area contributed by atoms with Crippen LogP contribution in [0.5, 0.6) is 0 Å². The molecule has 1 rings (SSSR count). The molecule has 0 aromatic heterocycles. The SMILES string of the molecule is BC(O)(O)C(=O)Nc1cccc(C(=O)OC)c1. The second-order valence-electron chi connectivity index (χ2n) is 3.55. The van der Waals surface area contributed by atoms with Gasteiger partial charge in [0.1, 0.15) is 0 Å². The molecule has 1 aromatic carbocycles. The third kappa shape index (κ3) is 3.58. The fourth-order valence-corrected chi connectivity index (χ4v) is 1.09. The summed E-state index contributed by atoms with van der Waals surface area (Å²) in [5, 5.41) is 20.3. The van der Waals surface area contributed by atoms with Gasteiger partial charge in [0.2, 0.25) is 0 Å². The van der Waals surface area contributed by atoms with Crippen LogP contribution in [-0.4, -0.2) is 42.7 Å². The summed E-state index contributed by atoms with van der Waals surface area (Å²) in [6.07, 6.45) is 0. The lowest BCUT2D eigenvalue weighted by atomic mass is 9.94. The lowest BCUT2D eigenvalue weighted by Gasteiger charge is -2.15. The monoisotopic (exact) mass is 237 g/mol. The van der Waals surface area contributed by atoms with Crippen LogP contribution < -0.4 is 5.32 Å². The van der Waals surface area contributed by atoms with Gasteiger partial charge in [0.05, 0.1) is 12.7 Å². The molecule has 0 saturated heterocycles. The van der Waals surface area contributed by atoms with Gasteiger partial charge in [0.25, 0.3) is 5.91 Å². The number of carbonyl (C=O) groups is 2. The van der Waals surface area contributed by atoms with Crippen molar-refractivity contribution in [3.05, 3.63) is 29.8 Å². The molecule has 0 saturated carbocycles. The molecule has 17 heavy (non-hydrogen) atoms. The molecule has 90 valence electrons. The first-order chi connectivity index (χ1) is 7.84. The van der Waals surface area contributed by atoms with Crippen molar-refractivity contribution in [1.82, 2.24) is 0 Å². The van der Waals surface area contributed by atoms with Crippen LogP contribution in [0, 0.1) is 0 Å². The molecule has 0 heterocycles. The second kappa shape index (κ2) is 4.98. The van der Waals surface area contributed by atoms with Crippen molar-refractivity contribution in [2.24, 2.45) is 0 Å². The molecule has 1 aromatic rings. The molecular formula is C10H12BNO5. The smallest absolute Gasteiger partial charge is 0.337 e. The van der Waals surface area contributed by atoms with E-state index < -0.39 is 17.6 Å². The maximum absolute atomic E-state index is 11.3. The number of anilines is 1. The number of rotatable bonds is 3. The molecule has 0 aliphatic carbocycles. The van der Waals surface area contributed by atoms with Crippen molar-refractivity contribution in [3.8, 4) is 0 Å². The van der Waals surface area contributed by atoms with E-state index in [9.17, 15) is 9.59 Å². The summed E-state index contributed by atoms with van der Waals surface area (Å²) < 4.78 is 4.51. The van der Waals surface area contributed by atoms with E-state index in [0.717, 1.165) is 7.85 Å². The van der Waals surface area contributed by atoms with E-state index >= 15 is 0 Å². The highest BCUT2D eigenvalue weighted by atomic mass is 16.5. The highest BCUT2D eigenvalue weighted by Gasteiger charge is 2.26. The summed E-state index contributed by atoms with van der Waals surface area (Å²) in [5.74, 6) is -1.53. The number of benzene rings is 1. The van der Waals surface area contributed by atoms with Crippen LogP contribution in [0.2, 0.25) is 0 Å². The molecule has 0 fully saturated rings. The quantitative estimate of drug-likeness (QED) is 0.344. The molecule has 0 atom stereocenters. The second-order valence-corrected chi connectivity index (χ2v) is 3.55. The van der Waals surface area contributed by atoms with E-state index in [-0.39, 0.29) is 11.3 Å². The number of methoxy groups -OCH3 is 1. The van der Waals surface area contributed by atoms with E-state index in [0.29, 0.717) is 0 Å². The van der Waals surface area contributed by atoms with E-state index in [1.165, 1.54) is 31.4 Å². The first-order valence-corrected chi connectivity index (χ1v) is 4.79. The van der Waals surface area contributed by atoms with Gasteiger partial charge in [-0.15, -0.1) is 0 Å². The Bertz CT molecular complexity index is 441. The Morgan fingerprint density at radius 1 is 1.41 bits per heavy atom. The number of amides is 1. The lowest BCUT2D eigenvalue weighted by molar-refractivity contribution is -0.151. The predicted octanol–water partition coefficient (Wildman–Crippen LogP) is -1.32. The maximum Gasteiger partial charge on any atom is 0.337 e. The Kier molecular flexibility index (Phi) is 3.87. The van der Waals surface area contributed by atoms with Crippen LogP contribution in [0.15, 0.2) is 24.3 Å². The molecule has 0 aliphatic heterocycles. The highest BCUT2D eigenvalue weighted by molar-refractivity contribution is 6.27. The minimum atomic E-state index is -2.47. The van der Waals surface area contributed by atoms with Crippen molar-refractivity contribution >= 4 is 25.4 Å². The summed E-state index contributed by atoms with van der Waals surface area (Å²) in [6.45, 7) is 0. The fourth-order valence-electron chi connectivity index (χ4n) is 1.09. The summed E-state index contributed by atoms with van der Waals surface area (Å²) in [7, 11) is 2.18. The molecule has 7 heteroatoms. The standard InChI is InChI=1S/C10H12BNO5/c1-17-8(13)6-3-2-4-7(5-6)12-9(14)10(11,15)16/h2-5,15-16H,11H2,1H3,(H,12,14). The zero-order valence-electron chi connectivity index (χ0n) is 9.43. The van der Waals surface area contributed by atoms with Crippen molar-refractivity contribution in [3.63, 3.8) is 0 Å². The van der Waals surface area contributed by atoms with Crippen molar-refractivity contribution in [1.29, 1.82) is 0 Å². The minimum absolute atomic E-state index is 0.253. The zero-order valence-corrected chi connectivity index (χ0v) is 9.43. The van der Waals surface area contributed by atoms with Gasteiger partial charge in [0, 0.05) is 5.69 Å². The van der Waals surface area contributed by atoms with Crippen LogP contribution in [0.1, 0.15) is 10.4 Å². The van der Waals surface area contributed by atoms with Crippen LogP contribution in [0.25, 0.3) is 0 Å². The Balaban J connectivity index is 2.87. The molecule has 0 aliphatic rings. The highest BCUT2D eigenvalue weighted by Crippen LogP contribution is 2.12. The van der Waals surface area contributed by atoms with Crippen molar-refractivity contribution in [2.75, 3.05) is 12.4 Å². The van der Waals surface area contributed by atoms with Crippen LogP contribution in [0.3, 0.4) is 0 Å². The first-order valence-electron chi connectivity index (χ1n) is 4.79. The Morgan fingerprint density at radius 3 is 2.59 bits per heavy atom. The molecule has 0 spiro atoms. The van der Waals surface area contributed by atoms with Crippen molar-refractivity contribution < 1.29 is 24.5 Å². The molecule has 6 nitrogen and oxygen atoms in total. The minimum Gasteiger partial charge on any atom is -0.465 e. The maximum atomic E-state index is 11.3. The Labute approximate surface area is 98.6 Å². The molecular weight excluding hydrogens is 225 g/mol. The zero-order chi connectivity index (χ0) is 13.1. The predicted molar refractivity (Wildman–Crippen MR) is 62.1 cm³/mol. The average Bonchev–Trinajstić information content (AvgIpc) is 2.27. The largest absolute Gasteiger partial charge is 0.465 e. The number of aliphatic hydroxyl groups is 2. The van der Waals surface area contributed by atoms with Gasteiger partial charge in [-0.05, 0) is 18.2 Å². The average molecular weight is 237 g/mol. The third-order valence-electron chi connectivity index (χ3n) is 1.97. The molecule has 3 N–H and O–H groups in total. The Hall–Kier alpha value is -1.86. The van der Waals surface area contributed by atoms with Gasteiger partial charge in [0.15, 0.2) is 13.5 Å². The van der Waals surface area contributed by atoms with E-state index in [4.69, 9.17) is 10.2 Å². The van der Waals surface area contributed by atoms with E-state index in [2.05, 4.69) is 10.1 Å². The van der Waals surface area contributed by atoms with Gasteiger partial charge in [-0.1, -0.05) is 6.07 Å². The fraction of sp³-hybridized carbons (Fsp3) is 0.200. The normalized spacial score (nSPS) is 10.8. The number of hydrogen-bond acceptors (Lipinski definition) is 5. The molecule has 1 amide bonds. The first kappa shape index (κ1) is 13.2. The van der Waals surface area contributed by atoms with Gasteiger partial charge >= 0.3 is 5.97 Å². The molecule has 0 bridgehead atoms. The van der Waals surface area contributed by atoms with Gasteiger partial charge in [-0.3, -0.25) is 4.79 Å². The van der Waals surface area contributed by atoms with E-state index in [1.54, 1.807) is 0 Å². The summed E-state index contributed by atoms with van der Waals surface area (Å²) in [4.78, 5) is 22.5. The van der Waals surface area contributed by atoms with Crippen LogP contribution in [-0.2, 0) is 9.53 Å². The summed E-state index contributed by atoms with van der Waals surface area (Å²) in [5.41, 5.74) is -1.95. The van der Waals surface area contributed by atoms with Crippen LogP contribution in [0.4, 0.5) is 5.69 Å². The lowest BCUT2D eigenvalue weighted by Crippen LogP contribution is -2.43. The summed E-state index contributed by atoms with van der Waals surface area (Å²) >= 11 is 0. The van der Waals surface area contributed by atoms with Gasteiger partial charge in [-0.2, -0.15) is 0 Å². The van der Waals surface area contributed by atoms with E-state index in [1.807, 2.05) is 0 Å². The number of nitrogens with one attached hydrogen (secondary N) is 1. The number of hydrogen-bond donors (Lipinski definition) is 3. The number of ether oxygens (including phenoxy) is 1. The van der Waals surface area contributed by atoms with Crippen molar-refractivity contribution in [2.45, 2.75) is 5.69 Å². The molecule has 0 unspecified atom stereocenters. The third-order valence-corrected chi connectivity index (χ3v) is 1.97.